The van der Waals surface area contributed by atoms with Gasteiger partial charge in [0, 0.05) is 30.4 Å². The van der Waals surface area contributed by atoms with Gasteiger partial charge in [-0.2, -0.15) is 0 Å². The van der Waals surface area contributed by atoms with Crippen LogP contribution in [0.3, 0.4) is 0 Å². The van der Waals surface area contributed by atoms with Crippen molar-refractivity contribution in [2.45, 2.75) is 6.10 Å². The number of nitrogens with zero attached hydrogens (tertiary/aromatic N) is 1. The van der Waals surface area contributed by atoms with Gasteiger partial charge < -0.3 is 4.74 Å². The summed E-state index contributed by atoms with van der Waals surface area (Å²) in [6.07, 6.45) is 3.21. The highest BCUT2D eigenvalue weighted by atomic mass is 32.2. The maximum Gasteiger partial charge on any atom is 0.110 e. The van der Waals surface area contributed by atoms with E-state index < -0.39 is 10.8 Å². The quantitative estimate of drug-likeness (QED) is 0.730. The largest absolute Gasteiger partial charge is 0.374 e. The van der Waals surface area contributed by atoms with E-state index in [2.05, 4.69) is 4.98 Å². The van der Waals surface area contributed by atoms with Crippen LogP contribution in [0.4, 0.5) is 0 Å². The Bertz CT molecular complexity index is 276. The fourth-order valence-electron chi connectivity index (χ4n) is 1.05. The molecule has 0 saturated carbocycles. The number of pyridine rings is 1. The second-order valence-corrected chi connectivity index (χ2v) is 4.20. The maximum atomic E-state index is 11.0. The van der Waals surface area contributed by atoms with Crippen LogP contribution in [0.1, 0.15) is 11.8 Å². The van der Waals surface area contributed by atoms with Gasteiger partial charge in [0.1, 0.15) is 6.10 Å². The van der Waals surface area contributed by atoms with E-state index in [0.29, 0.717) is 5.75 Å². The Labute approximate surface area is 80.6 Å². The Morgan fingerprint density at radius 1 is 1.62 bits per heavy atom. The van der Waals surface area contributed by atoms with E-state index in [9.17, 15) is 4.21 Å². The van der Waals surface area contributed by atoms with Crippen molar-refractivity contribution in [3.8, 4) is 0 Å². The summed E-state index contributed by atoms with van der Waals surface area (Å²) in [6.45, 7) is 0. The standard InChI is InChI=1S/C9H13NO2S/c1-12-9(7-13(2)11)8-5-3-4-6-10-8/h3-6,9H,7H2,1-2H3/t9-,13+/m0/s1. The minimum Gasteiger partial charge on any atom is -0.374 e. The Kier molecular flexibility index (Phi) is 4.05. The molecule has 4 heteroatoms. The molecule has 0 aliphatic carbocycles. The molecule has 0 aromatic carbocycles. The predicted molar refractivity (Wildman–Crippen MR) is 52.9 cm³/mol. The van der Waals surface area contributed by atoms with Gasteiger partial charge in [-0.1, -0.05) is 6.07 Å². The smallest absolute Gasteiger partial charge is 0.110 e. The zero-order chi connectivity index (χ0) is 9.68. The molecule has 72 valence electrons. The molecule has 1 aromatic rings. The first-order valence-electron chi connectivity index (χ1n) is 3.97. The van der Waals surface area contributed by atoms with Crippen molar-refractivity contribution >= 4 is 10.8 Å². The third kappa shape index (κ3) is 3.24. The maximum absolute atomic E-state index is 11.0. The third-order valence-corrected chi connectivity index (χ3v) is 2.46. The van der Waals surface area contributed by atoms with Crippen LogP contribution in [0.15, 0.2) is 24.4 Å². The lowest BCUT2D eigenvalue weighted by atomic mass is 10.2. The molecule has 0 spiro atoms. The molecule has 0 aliphatic heterocycles. The first-order valence-corrected chi connectivity index (χ1v) is 5.70. The molecule has 2 atom stereocenters. The third-order valence-electron chi connectivity index (χ3n) is 1.69. The molecule has 1 aromatic heterocycles. The van der Waals surface area contributed by atoms with Crippen LogP contribution in [0.5, 0.6) is 0 Å². The Hall–Kier alpha value is -0.740. The predicted octanol–water partition coefficient (Wildman–Crippen LogP) is 1.15. The Morgan fingerprint density at radius 2 is 2.38 bits per heavy atom. The molecular formula is C9H13NO2S. The zero-order valence-electron chi connectivity index (χ0n) is 7.77. The summed E-state index contributed by atoms with van der Waals surface area (Å²) < 4.78 is 16.2. The van der Waals surface area contributed by atoms with Crippen LogP contribution >= 0.6 is 0 Å². The van der Waals surface area contributed by atoms with E-state index in [-0.39, 0.29) is 6.10 Å². The van der Waals surface area contributed by atoms with Gasteiger partial charge in [0.05, 0.1) is 11.4 Å². The molecule has 0 radical (unpaired) electrons. The fourth-order valence-corrected chi connectivity index (χ4v) is 1.79. The van der Waals surface area contributed by atoms with E-state index >= 15 is 0 Å². The average molecular weight is 199 g/mol. The molecule has 0 amide bonds. The molecule has 0 saturated heterocycles. The van der Waals surface area contributed by atoms with E-state index in [1.165, 1.54) is 0 Å². The average Bonchev–Trinajstić information content (AvgIpc) is 2.15. The zero-order valence-corrected chi connectivity index (χ0v) is 8.58. The van der Waals surface area contributed by atoms with Gasteiger partial charge in [-0.25, -0.2) is 0 Å². The van der Waals surface area contributed by atoms with Crippen LogP contribution in [0.25, 0.3) is 0 Å². The van der Waals surface area contributed by atoms with Gasteiger partial charge in [-0.3, -0.25) is 9.19 Å². The highest BCUT2D eigenvalue weighted by Crippen LogP contribution is 2.13. The molecular weight excluding hydrogens is 186 g/mol. The van der Waals surface area contributed by atoms with E-state index in [1.807, 2.05) is 18.2 Å². The van der Waals surface area contributed by atoms with Crippen LogP contribution in [0, 0.1) is 0 Å². The van der Waals surface area contributed by atoms with Crippen molar-refractivity contribution < 1.29 is 8.95 Å². The van der Waals surface area contributed by atoms with Crippen molar-refractivity contribution in [1.29, 1.82) is 0 Å². The number of aromatic nitrogens is 1. The van der Waals surface area contributed by atoms with Gasteiger partial charge >= 0.3 is 0 Å². The molecule has 1 heterocycles. The summed E-state index contributed by atoms with van der Waals surface area (Å²) >= 11 is 0. The molecule has 0 N–H and O–H groups in total. The van der Waals surface area contributed by atoms with Crippen LogP contribution in [0.2, 0.25) is 0 Å². The van der Waals surface area contributed by atoms with Crippen molar-refractivity contribution in [2.75, 3.05) is 19.1 Å². The molecule has 1 rings (SSSR count). The molecule has 0 bridgehead atoms. The summed E-state index contributed by atoms with van der Waals surface area (Å²) in [4.78, 5) is 4.14. The van der Waals surface area contributed by atoms with E-state index in [1.54, 1.807) is 19.6 Å². The van der Waals surface area contributed by atoms with Gasteiger partial charge in [0.25, 0.3) is 0 Å². The SMILES string of the molecule is CO[C@@H](C[S@@](C)=O)c1ccccn1. The Balaban J connectivity index is 2.73. The topological polar surface area (TPSA) is 39.2 Å². The monoisotopic (exact) mass is 199 g/mol. The molecule has 0 unspecified atom stereocenters. The van der Waals surface area contributed by atoms with E-state index in [4.69, 9.17) is 4.74 Å². The lowest BCUT2D eigenvalue weighted by Crippen LogP contribution is -2.11. The molecule has 0 fully saturated rings. The number of methoxy groups -OCH3 is 1. The minimum absolute atomic E-state index is 0.160. The number of hydrogen-bond donors (Lipinski definition) is 0. The van der Waals surface area contributed by atoms with Crippen molar-refractivity contribution in [2.24, 2.45) is 0 Å². The first-order chi connectivity index (χ1) is 6.24. The lowest BCUT2D eigenvalue weighted by molar-refractivity contribution is 0.119. The van der Waals surface area contributed by atoms with Crippen molar-refractivity contribution in [1.82, 2.24) is 4.98 Å². The van der Waals surface area contributed by atoms with Gasteiger partial charge in [-0.05, 0) is 12.1 Å². The fraction of sp³-hybridized carbons (Fsp3) is 0.444. The summed E-state index contributed by atoms with van der Waals surface area (Å²) in [6, 6.07) is 5.62. The summed E-state index contributed by atoms with van der Waals surface area (Å²) in [7, 11) is 0.742. The lowest BCUT2D eigenvalue weighted by Gasteiger charge is -2.12. The summed E-state index contributed by atoms with van der Waals surface area (Å²) in [5, 5.41) is 0. The van der Waals surface area contributed by atoms with Crippen molar-refractivity contribution in [3.63, 3.8) is 0 Å². The van der Waals surface area contributed by atoms with Crippen LogP contribution in [-0.4, -0.2) is 28.3 Å². The van der Waals surface area contributed by atoms with E-state index in [0.717, 1.165) is 5.69 Å². The van der Waals surface area contributed by atoms with Gasteiger partial charge in [0.15, 0.2) is 0 Å². The number of rotatable bonds is 4. The van der Waals surface area contributed by atoms with Crippen molar-refractivity contribution in [3.05, 3.63) is 30.1 Å². The first kappa shape index (κ1) is 10.3. The molecule has 3 nitrogen and oxygen atoms in total. The minimum atomic E-state index is -0.861. The second-order valence-electron chi connectivity index (χ2n) is 2.72. The molecule has 0 aliphatic rings. The highest BCUT2D eigenvalue weighted by Gasteiger charge is 2.12. The van der Waals surface area contributed by atoms with Crippen LogP contribution in [-0.2, 0) is 15.5 Å². The molecule has 13 heavy (non-hydrogen) atoms. The van der Waals surface area contributed by atoms with Crippen LogP contribution < -0.4 is 0 Å². The van der Waals surface area contributed by atoms with Gasteiger partial charge in [0.2, 0.25) is 0 Å². The Morgan fingerprint density at radius 3 is 2.85 bits per heavy atom. The summed E-state index contributed by atoms with van der Waals surface area (Å²) in [5.41, 5.74) is 0.834. The normalized spacial score (nSPS) is 15.2. The number of hydrogen-bond acceptors (Lipinski definition) is 3. The highest BCUT2D eigenvalue weighted by molar-refractivity contribution is 7.84. The number of ether oxygens (including phenoxy) is 1. The second kappa shape index (κ2) is 5.09. The van der Waals surface area contributed by atoms with Gasteiger partial charge in [-0.15, -0.1) is 0 Å². The summed E-state index contributed by atoms with van der Waals surface area (Å²) in [5.74, 6) is 0.494.